The number of rotatable bonds is 2. The number of nitrogens with one attached hydrogen (secondary N) is 1. The quantitative estimate of drug-likeness (QED) is 0.394. The Morgan fingerprint density at radius 3 is 2.50 bits per heavy atom. The van der Waals surface area contributed by atoms with Gasteiger partial charge in [0.2, 0.25) is 5.00 Å². The maximum Gasteiger partial charge on any atom is 0.417 e. The van der Waals surface area contributed by atoms with Crippen LogP contribution in [0, 0.1) is 6.92 Å². The third-order valence-corrected chi connectivity index (χ3v) is 10.1. The minimum Gasteiger partial charge on any atom is -0.493 e. The lowest BCUT2D eigenvalue weighted by Gasteiger charge is -2.61. The topological polar surface area (TPSA) is 130 Å². The normalized spacial score (nSPS) is 27.4. The largest absolute Gasteiger partial charge is 0.493 e. The van der Waals surface area contributed by atoms with Crippen molar-refractivity contribution in [1.29, 1.82) is 0 Å². The fraction of sp³-hybridized carbons (Fsp3) is 0.435. The highest BCUT2D eigenvalue weighted by atomic mass is 32.3. The number of hydrogen-bond donors (Lipinski definition) is 4. The lowest BCUT2D eigenvalue weighted by Crippen LogP contribution is -2.62. The average molecular weight is 531 g/mol. The summed E-state index contributed by atoms with van der Waals surface area (Å²) >= 11 is 0. The number of nitrogens with zero attached hydrogens (tertiary/aromatic N) is 2. The Balaban J connectivity index is 1.76. The molecule has 0 radical (unpaired) electrons. The van der Waals surface area contributed by atoms with Gasteiger partial charge in [0.15, 0.2) is 0 Å². The van der Waals surface area contributed by atoms with Crippen LogP contribution in [0.5, 0.6) is 5.75 Å². The first-order chi connectivity index (χ1) is 16.5. The van der Waals surface area contributed by atoms with Crippen LogP contribution in [0.1, 0.15) is 54.4 Å². The molecule has 0 fully saturated rings. The zero-order valence-corrected chi connectivity index (χ0v) is 20.7. The summed E-state index contributed by atoms with van der Waals surface area (Å²) in [5.74, 6) is -0.722. The van der Waals surface area contributed by atoms with Gasteiger partial charge in [0.1, 0.15) is 27.6 Å². The first-order valence-electron chi connectivity index (χ1n) is 10.9. The number of fused-ring (bicyclic) bond motifs is 3. The molecule has 13 heteroatoms. The first kappa shape index (κ1) is 26.2. The Kier molecular flexibility index (Phi) is 5.85. The molecule has 0 saturated carbocycles. The van der Waals surface area contributed by atoms with Crippen molar-refractivity contribution in [3.63, 3.8) is 0 Å². The highest BCUT2D eigenvalue weighted by molar-refractivity contribution is 8.27. The second-order valence-corrected chi connectivity index (χ2v) is 12.3. The third-order valence-electron chi connectivity index (χ3n) is 6.91. The molecule has 0 unspecified atom stereocenters. The number of halogens is 4. The molecule has 0 bridgehead atoms. The molecule has 5 N–H and O–H groups in total. The van der Waals surface area contributed by atoms with Crippen molar-refractivity contribution in [2.75, 3.05) is 11.9 Å². The number of ether oxygens (including phenoxy) is 1. The number of amidine groups is 1. The van der Waals surface area contributed by atoms with E-state index < -0.39 is 43.5 Å². The molecule has 1 amide bonds. The zero-order valence-electron chi connectivity index (χ0n) is 19.9. The van der Waals surface area contributed by atoms with Crippen LogP contribution in [0.25, 0.3) is 0 Å². The molecule has 0 aliphatic carbocycles. The van der Waals surface area contributed by atoms with Crippen LogP contribution in [-0.2, 0) is 11.7 Å². The Morgan fingerprint density at radius 1 is 1.22 bits per heavy atom. The molecule has 196 valence electrons. The molecule has 1 aromatic carbocycles. The summed E-state index contributed by atoms with van der Waals surface area (Å²) in [5, 5.41) is -0.104. The van der Waals surface area contributed by atoms with Crippen molar-refractivity contribution >= 4 is 28.0 Å². The van der Waals surface area contributed by atoms with Gasteiger partial charge in [-0.05, 0) is 57.5 Å². The number of carbonyl (C=O) groups is 1. The van der Waals surface area contributed by atoms with Gasteiger partial charge in [-0.25, -0.2) is 4.39 Å². The fourth-order valence-corrected chi connectivity index (χ4v) is 6.72. The second-order valence-electron chi connectivity index (χ2n) is 9.51. The number of aryl methyl sites for hydroxylation is 1. The van der Waals surface area contributed by atoms with E-state index in [2.05, 4.69) is 15.3 Å². The average Bonchev–Trinajstić information content (AvgIpc) is 2.87. The van der Waals surface area contributed by atoms with Crippen LogP contribution in [-0.4, -0.2) is 42.2 Å². The maximum atomic E-state index is 16.7. The lowest BCUT2D eigenvalue weighted by atomic mass is 9.84. The van der Waals surface area contributed by atoms with Gasteiger partial charge < -0.3 is 15.8 Å². The predicted octanol–water partition coefficient (Wildman–Crippen LogP) is 5.22. The van der Waals surface area contributed by atoms with Crippen molar-refractivity contribution < 1.29 is 36.2 Å². The van der Waals surface area contributed by atoms with Crippen LogP contribution in [0.15, 0.2) is 35.5 Å². The van der Waals surface area contributed by atoms with E-state index in [4.69, 9.17) is 10.5 Å². The number of aliphatic imine (C=N–C) groups is 1. The first-order valence-corrected chi connectivity index (χ1v) is 12.4. The van der Waals surface area contributed by atoms with Crippen LogP contribution in [0.3, 0.4) is 0 Å². The second kappa shape index (κ2) is 8.05. The van der Waals surface area contributed by atoms with Crippen molar-refractivity contribution in [2.45, 2.75) is 55.6 Å². The molecule has 0 spiro atoms. The molecule has 0 saturated heterocycles. The zero-order chi connectivity index (χ0) is 26.9. The predicted molar refractivity (Wildman–Crippen MR) is 128 cm³/mol. The molecule has 2 aromatic rings. The monoisotopic (exact) mass is 530 g/mol. The lowest BCUT2D eigenvalue weighted by molar-refractivity contribution is -0.137. The fourth-order valence-electron chi connectivity index (χ4n) is 4.50. The van der Waals surface area contributed by atoms with Crippen LogP contribution in [0.2, 0.25) is 0 Å². The van der Waals surface area contributed by atoms with Crippen LogP contribution in [0.4, 0.5) is 23.2 Å². The summed E-state index contributed by atoms with van der Waals surface area (Å²) in [6.45, 7) is 5.35. The minimum atomic E-state index is -4.61. The summed E-state index contributed by atoms with van der Waals surface area (Å²) in [6, 6.07) is 5.11. The van der Waals surface area contributed by atoms with Gasteiger partial charge in [0, 0.05) is 23.9 Å². The molecular formula is C23H26F4N4O4S. The minimum absolute atomic E-state index is 0.0102. The van der Waals surface area contributed by atoms with Crippen molar-refractivity contribution in [2.24, 2.45) is 10.7 Å². The van der Waals surface area contributed by atoms with E-state index >= 15 is 4.39 Å². The summed E-state index contributed by atoms with van der Waals surface area (Å²) in [5.41, 5.74) is 3.27. The summed E-state index contributed by atoms with van der Waals surface area (Å²) < 4.78 is 81.9. The molecular weight excluding hydrogens is 504 g/mol. The van der Waals surface area contributed by atoms with E-state index in [1.807, 2.05) is 0 Å². The molecule has 2 atom stereocenters. The third kappa shape index (κ3) is 3.63. The number of anilines is 1. The molecule has 3 heterocycles. The van der Waals surface area contributed by atoms with E-state index in [1.165, 1.54) is 45.9 Å². The van der Waals surface area contributed by atoms with Crippen molar-refractivity contribution in [3.8, 4) is 5.75 Å². The maximum absolute atomic E-state index is 16.7. The highest BCUT2D eigenvalue weighted by Crippen LogP contribution is 2.73. The number of carbonyl (C=O) groups excluding carboxylic acids is 1. The van der Waals surface area contributed by atoms with Crippen molar-refractivity contribution in [1.82, 2.24) is 4.98 Å². The van der Waals surface area contributed by atoms with Crippen LogP contribution < -0.4 is 15.8 Å². The summed E-state index contributed by atoms with van der Waals surface area (Å²) in [4.78, 5) is 20.9. The van der Waals surface area contributed by atoms with Gasteiger partial charge in [-0.3, -0.25) is 23.9 Å². The van der Waals surface area contributed by atoms with Crippen molar-refractivity contribution in [3.05, 3.63) is 52.8 Å². The number of nitrogens with two attached hydrogens (primary N) is 1. The Labute approximate surface area is 206 Å². The highest BCUT2D eigenvalue weighted by Gasteiger charge is 2.68. The number of amides is 1. The number of alkyl halides is 4. The van der Waals surface area contributed by atoms with Gasteiger partial charge in [0.05, 0.1) is 12.2 Å². The number of hydrogen-bond acceptors (Lipinski definition) is 7. The molecule has 2 aliphatic heterocycles. The van der Waals surface area contributed by atoms with E-state index in [0.29, 0.717) is 6.20 Å². The Hall–Kier alpha value is -2.90. The Morgan fingerprint density at radius 2 is 1.89 bits per heavy atom. The Bertz CT molecular complexity index is 1280. The molecule has 8 nitrogen and oxygen atoms in total. The van der Waals surface area contributed by atoms with Gasteiger partial charge in [-0.15, -0.1) is 10.6 Å². The van der Waals surface area contributed by atoms with E-state index in [9.17, 15) is 27.1 Å². The summed E-state index contributed by atoms with van der Waals surface area (Å²) in [6.07, 6.45) is -4.42. The molecule has 2 aliphatic rings. The van der Waals surface area contributed by atoms with E-state index in [0.717, 1.165) is 6.07 Å². The summed E-state index contributed by atoms with van der Waals surface area (Å²) in [7, 11) is -4.03. The number of pyridine rings is 1. The number of benzene rings is 1. The molecule has 4 rings (SSSR count). The van der Waals surface area contributed by atoms with E-state index in [-0.39, 0.29) is 47.1 Å². The molecule has 1 aromatic heterocycles. The van der Waals surface area contributed by atoms with Crippen LogP contribution >= 0.6 is 10.6 Å². The van der Waals surface area contributed by atoms with Gasteiger partial charge in [-0.1, -0.05) is 0 Å². The van der Waals surface area contributed by atoms with Gasteiger partial charge >= 0.3 is 6.18 Å². The smallest absolute Gasteiger partial charge is 0.417 e. The SMILES string of the molecule is Cc1cc(C(F)(F)F)cnc1C(=O)Nc1ccc2c(c1)[C@@]1(C)N=C(N)C(C)(C)S(O)(O)[C@]1(F)CCO2. The van der Waals surface area contributed by atoms with E-state index in [1.54, 1.807) is 0 Å². The standard InChI is InChI=1S/C23H26F4N4O4S/c1-12-9-13(23(25,26)27)11-29-17(12)18(32)30-14-5-6-16-15(10-14)21(4)22(24,7-8-35-16)36(33,34)20(2,3)19(28)31-21/h5-6,9-11,33-34H,7-8H2,1-4H3,(H2,28,31)(H,30,32)/t21-,22-/m1/s1. The van der Waals surface area contributed by atoms with Gasteiger partial charge in [0.25, 0.3) is 5.91 Å². The van der Waals surface area contributed by atoms with Gasteiger partial charge in [-0.2, -0.15) is 13.2 Å². The molecule has 36 heavy (non-hydrogen) atoms. The number of aromatic nitrogens is 1.